The highest BCUT2D eigenvalue weighted by molar-refractivity contribution is 9.10. The first-order valence-electron chi connectivity index (χ1n) is 9.00. The van der Waals surface area contributed by atoms with Gasteiger partial charge in [-0.05, 0) is 54.8 Å². The van der Waals surface area contributed by atoms with Crippen LogP contribution in [0.5, 0.6) is 0 Å². The molecule has 1 aliphatic carbocycles. The second-order valence-corrected chi connectivity index (χ2v) is 7.61. The Hall–Kier alpha value is -2.67. The van der Waals surface area contributed by atoms with Gasteiger partial charge >= 0.3 is 5.97 Å². The van der Waals surface area contributed by atoms with Crippen molar-refractivity contribution < 1.29 is 19.1 Å². The van der Waals surface area contributed by atoms with Crippen LogP contribution in [0.15, 0.2) is 53.0 Å². The highest BCUT2D eigenvalue weighted by Crippen LogP contribution is 2.30. The van der Waals surface area contributed by atoms with Gasteiger partial charge in [0.2, 0.25) is 5.91 Å². The summed E-state index contributed by atoms with van der Waals surface area (Å²) >= 11 is 3.37. The minimum Gasteiger partial charge on any atom is -0.469 e. The Bertz CT molecular complexity index is 861. The largest absolute Gasteiger partial charge is 0.469 e. The van der Waals surface area contributed by atoms with Crippen molar-refractivity contribution in [1.82, 2.24) is 5.32 Å². The van der Waals surface area contributed by atoms with Gasteiger partial charge in [0.25, 0.3) is 5.91 Å². The van der Waals surface area contributed by atoms with E-state index in [0.29, 0.717) is 11.3 Å². The summed E-state index contributed by atoms with van der Waals surface area (Å²) in [5, 5.41) is 5.72. The zero-order valence-electron chi connectivity index (χ0n) is 15.4. The van der Waals surface area contributed by atoms with Crippen molar-refractivity contribution in [2.45, 2.75) is 25.3 Å². The van der Waals surface area contributed by atoms with Crippen molar-refractivity contribution >= 4 is 39.4 Å². The number of nitrogens with one attached hydrogen (secondary N) is 2. The van der Waals surface area contributed by atoms with Gasteiger partial charge in [-0.2, -0.15) is 0 Å². The number of hydrogen-bond acceptors (Lipinski definition) is 4. The molecule has 0 aromatic heterocycles. The average molecular weight is 445 g/mol. The second kappa shape index (κ2) is 9.01. The Balaban J connectivity index is 1.68. The van der Waals surface area contributed by atoms with Crippen LogP contribution in [0.2, 0.25) is 0 Å². The quantitative estimate of drug-likeness (QED) is 0.635. The number of rotatable bonds is 7. The maximum Gasteiger partial charge on any atom is 0.307 e. The van der Waals surface area contributed by atoms with E-state index in [4.69, 9.17) is 4.74 Å². The van der Waals surface area contributed by atoms with E-state index >= 15 is 0 Å². The number of methoxy groups -OCH3 is 1. The van der Waals surface area contributed by atoms with Gasteiger partial charge in [-0.1, -0.05) is 28.1 Å². The first-order chi connectivity index (χ1) is 13.5. The zero-order valence-corrected chi connectivity index (χ0v) is 17.0. The fourth-order valence-electron chi connectivity index (χ4n) is 2.73. The number of anilines is 1. The Labute approximate surface area is 171 Å². The molecule has 0 spiro atoms. The minimum atomic E-state index is -0.512. The number of benzene rings is 2. The molecule has 2 N–H and O–H groups in total. The van der Waals surface area contributed by atoms with Crippen LogP contribution in [-0.2, 0) is 14.3 Å². The van der Waals surface area contributed by atoms with Crippen LogP contribution in [0, 0.1) is 5.92 Å². The topological polar surface area (TPSA) is 84.5 Å². The molecular weight excluding hydrogens is 424 g/mol. The molecular formula is C21H21BrN2O4. The van der Waals surface area contributed by atoms with Crippen molar-refractivity contribution in [3.63, 3.8) is 0 Å². The standard InChI is InChI=1S/C21H21BrN2O4/c1-28-19(25)12-18(13-4-8-16(22)9-5-13)24-21(27)15-6-10-17(11-7-15)23-20(26)14-2-3-14/h4-11,14,18H,2-3,12H2,1H3,(H,23,26)(H,24,27). The molecule has 1 atom stereocenters. The first-order valence-corrected chi connectivity index (χ1v) is 9.79. The third kappa shape index (κ3) is 5.42. The van der Waals surface area contributed by atoms with E-state index in [-0.39, 0.29) is 24.2 Å². The Kier molecular flexibility index (Phi) is 6.46. The summed E-state index contributed by atoms with van der Waals surface area (Å²) in [5.74, 6) is -0.582. The maximum atomic E-state index is 12.7. The van der Waals surface area contributed by atoms with Gasteiger partial charge in [-0.25, -0.2) is 0 Å². The van der Waals surface area contributed by atoms with Crippen LogP contribution in [0.4, 0.5) is 5.69 Å². The molecule has 1 aliphatic rings. The molecule has 1 fully saturated rings. The van der Waals surface area contributed by atoms with Crippen LogP contribution >= 0.6 is 15.9 Å². The van der Waals surface area contributed by atoms with E-state index in [1.54, 1.807) is 24.3 Å². The number of esters is 1. The molecule has 3 rings (SSSR count). The van der Waals surface area contributed by atoms with Crippen LogP contribution in [0.1, 0.15) is 41.2 Å². The monoisotopic (exact) mass is 444 g/mol. The number of hydrogen-bond donors (Lipinski definition) is 2. The van der Waals surface area contributed by atoms with Crippen molar-refractivity contribution in [2.75, 3.05) is 12.4 Å². The maximum absolute atomic E-state index is 12.7. The van der Waals surface area contributed by atoms with Crippen molar-refractivity contribution in [3.8, 4) is 0 Å². The fourth-order valence-corrected chi connectivity index (χ4v) is 3.00. The summed E-state index contributed by atoms with van der Waals surface area (Å²) in [6, 6.07) is 13.6. The van der Waals surface area contributed by atoms with E-state index in [1.165, 1.54) is 7.11 Å². The third-order valence-electron chi connectivity index (χ3n) is 4.54. The van der Waals surface area contributed by atoms with E-state index in [1.807, 2.05) is 24.3 Å². The Morgan fingerprint density at radius 2 is 1.71 bits per heavy atom. The number of carbonyl (C=O) groups excluding carboxylic acids is 3. The Morgan fingerprint density at radius 3 is 2.29 bits per heavy atom. The second-order valence-electron chi connectivity index (χ2n) is 6.70. The van der Waals surface area contributed by atoms with Gasteiger partial charge in [0.05, 0.1) is 19.6 Å². The number of ether oxygens (including phenoxy) is 1. The normalized spacial score (nSPS) is 14.1. The summed E-state index contributed by atoms with van der Waals surface area (Å²) in [7, 11) is 1.32. The van der Waals surface area contributed by atoms with Crippen molar-refractivity contribution in [1.29, 1.82) is 0 Å². The van der Waals surface area contributed by atoms with E-state index < -0.39 is 12.0 Å². The molecule has 2 aromatic rings. The van der Waals surface area contributed by atoms with Crippen molar-refractivity contribution in [2.24, 2.45) is 5.92 Å². The molecule has 6 nitrogen and oxygen atoms in total. The lowest BCUT2D eigenvalue weighted by Gasteiger charge is -2.18. The molecule has 2 amide bonds. The van der Waals surface area contributed by atoms with Crippen LogP contribution in [0.25, 0.3) is 0 Å². The SMILES string of the molecule is COC(=O)CC(NC(=O)c1ccc(NC(=O)C2CC2)cc1)c1ccc(Br)cc1. The molecule has 0 aliphatic heterocycles. The summed E-state index contributed by atoms with van der Waals surface area (Å²) in [5.41, 5.74) is 1.90. The molecule has 146 valence electrons. The van der Waals surface area contributed by atoms with Gasteiger partial charge in [-0.15, -0.1) is 0 Å². The number of carbonyl (C=O) groups is 3. The molecule has 28 heavy (non-hydrogen) atoms. The third-order valence-corrected chi connectivity index (χ3v) is 5.07. The van der Waals surface area contributed by atoms with Gasteiger partial charge < -0.3 is 15.4 Å². The summed E-state index contributed by atoms with van der Waals surface area (Å²) in [6.07, 6.45) is 1.90. The fraction of sp³-hybridized carbons (Fsp3) is 0.286. The summed E-state index contributed by atoms with van der Waals surface area (Å²) < 4.78 is 5.66. The number of halogens is 1. The molecule has 7 heteroatoms. The van der Waals surface area contributed by atoms with Crippen LogP contribution in [-0.4, -0.2) is 24.9 Å². The van der Waals surface area contributed by atoms with Crippen LogP contribution < -0.4 is 10.6 Å². The van der Waals surface area contributed by atoms with E-state index in [2.05, 4.69) is 26.6 Å². The lowest BCUT2D eigenvalue weighted by molar-refractivity contribution is -0.141. The average Bonchev–Trinajstić information content (AvgIpc) is 3.54. The highest BCUT2D eigenvalue weighted by Gasteiger charge is 2.29. The lowest BCUT2D eigenvalue weighted by atomic mass is 10.0. The van der Waals surface area contributed by atoms with E-state index in [0.717, 1.165) is 22.9 Å². The summed E-state index contributed by atoms with van der Waals surface area (Å²) in [4.78, 5) is 36.2. The highest BCUT2D eigenvalue weighted by atomic mass is 79.9. The molecule has 1 saturated carbocycles. The predicted molar refractivity (Wildman–Crippen MR) is 109 cm³/mol. The number of amides is 2. The lowest BCUT2D eigenvalue weighted by Crippen LogP contribution is -2.30. The van der Waals surface area contributed by atoms with Gasteiger partial charge in [0.15, 0.2) is 0 Å². The van der Waals surface area contributed by atoms with Gasteiger partial charge in [0.1, 0.15) is 0 Å². The van der Waals surface area contributed by atoms with Gasteiger partial charge in [0, 0.05) is 21.6 Å². The Morgan fingerprint density at radius 1 is 1.07 bits per heavy atom. The molecule has 1 unspecified atom stereocenters. The predicted octanol–water partition coefficient (Wildman–Crippen LogP) is 3.83. The first kappa shape index (κ1) is 20.1. The molecule has 2 aromatic carbocycles. The zero-order chi connectivity index (χ0) is 20.1. The summed E-state index contributed by atoms with van der Waals surface area (Å²) in [6.45, 7) is 0. The molecule has 0 saturated heterocycles. The van der Waals surface area contributed by atoms with Crippen molar-refractivity contribution in [3.05, 3.63) is 64.1 Å². The molecule has 0 heterocycles. The van der Waals surface area contributed by atoms with Gasteiger partial charge in [-0.3, -0.25) is 14.4 Å². The molecule has 0 bridgehead atoms. The van der Waals surface area contributed by atoms with Crippen LogP contribution in [0.3, 0.4) is 0 Å². The molecule has 0 radical (unpaired) electrons. The van der Waals surface area contributed by atoms with E-state index in [9.17, 15) is 14.4 Å². The minimum absolute atomic E-state index is 0.0191. The smallest absolute Gasteiger partial charge is 0.307 e.